The summed E-state index contributed by atoms with van der Waals surface area (Å²) in [5.74, 6) is 4.76. The zero-order valence-electron chi connectivity index (χ0n) is 20.5. The molecule has 6 nitrogen and oxygen atoms in total. The predicted molar refractivity (Wildman–Crippen MR) is 144 cm³/mol. The molecule has 1 fully saturated rings. The van der Waals surface area contributed by atoms with Crippen LogP contribution in [0, 0.1) is 18.3 Å². The van der Waals surface area contributed by atoms with E-state index in [4.69, 9.17) is 11.4 Å². The first-order valence-electron chi connectivity index (χ1n) is 12.1. The van der Waals surface area contributed by atoms with Crippen LogP contribution in [-0.2, 0) is 6.42 Å². The Morgan fingerprint density at radius 3 is 2.71 bits per heavy atom. The summed E-state index contributed by atoms with van der Waals surface area (Å²) in [6.45, 7) is 6.45. The molecule has 0 spiro atoms. The maximum absolute atomic E-state index is 13.4. The van der Waals surface area contributed by atoms with E-state index in [0.717, 1.165) is 43.5 Å². The van der Waals surface area contributed by atoms with Crippen molar-refractivity contribution in [1.29, 1.82) is 0 Å². The Kier molecular flexibility index (Phi) is 10.1. The lowest BCUT2D eigenvalue weighted by Crippen LogP contribution is -2.38. The Bertz CT molecular complexity index is 955. The van der Waals surface area contributed by atoms with E-state index in [2.05, 4.69) is 47.9 Å². The zero-order chi connectivity index (χ0) is 24.3. The molecule has 1 heterocycles. The Labute approximate surface area is 208 Å². The van der Waals surface area contributed by atoms with Gasteiger partial charge in [-0.25, -0.2) is 4.98 Å². The molecule has 1 atom stereocenters. The van der Waals surface area contributed by atoms with Crippen LogP contribution in [0.4, 0.5) is 11.6 Å². The Morgan fingerprint density at radius 2 is 2.03 bits per heavy atom. The molecular weight excluding hydrogens is 442 g/mol. The molecule has 1 amide bonds. The summed E-state index contributed by atoms with van der Waals surface area (Å²) in [5, 5.41) is 10.3. The van der Waals surface area contributed by atoms with Gasteiger partial charge in [0.05, 0.1) is 6.54 Å². The monoisotopic (exact) mass is 479 g/mol. The molecule has 3 N–H and O–H groups in total. The van der Waals surface area contributed by atoms with E-state index in [1.807, 2.05) is 41.7 Å². The van der Waals surface area contributed by atoms with Crippen molar-refractivity contribution in [3.05, 3.63) is 53.6 Å². The third kappa shape index (κ3) is 8.92. The van der Waals surface area contributed by atoms with Crippen molar-refractivity contribution in [2.75, 3.05) is 36.3 Å². The van der Waals surface area contributed by atoms with E-state index >= 15 is 0 Å². The first kappa shape index (κ1) is 25.9. The number of nitrogens with one attached hydrogen (secondary N) is 3. The second-order valence-electron chi connectivity index (χ2n) is 9.10. The van der Waals surface area contributed by atoms with E-state index in [0.29, 0.717) is 17.4 Å². The molecule has 1 saturated carbocycles. The van der Waals surface area contributed by atoms with Crippen molar-refractivity contribution in [2.24, 2.45) is 5.92 Å². The first-order valence-corrected chi connectivity index (χ1v) is 12.9. The molecule has 3 rings (SSSR count). The van der Waals surface area contributed by atoms with E-state index in [-0.39, 0.29) is 11.9 Å². The Hall–Kier alpha value is -2.69. The van der Waals surface area contributed by atoms with Gasteiger partial charge in [-0.3, -0.25) is 4.79 Å². The average molecular weight is 480 g/mol. The quantitative estimate of drug-likeness (QED) is 0.213. The number of carbonyl (C=O) groups is 1. The van der Waals surface area contributed by atoms with Crippen LogP contribution in [0.1, 0.15) is 49.0 Å². The highest BCUT2D eigenvalue weighted by atomic mass is 32.2. The van der Waals surface area contributed by atoms with Gasteiger partial charge in [-0.05, 0) is 67.8 Å². The SMILES string of the molecule is C#CCNCC[C@H](Cc1ccccc1)NC(=O)c1cc(NCC2CC2)nc(N(C)SC(C)C)c1. The zero-order valence-corrected chi connectivity index (χ0v) is 21.3. The van der Waals surface area contributed by atoms with Crippen molar-refractivity contribution < 1.29 is 4.79 Å². The molecule has 182 valence electrons. The summed E-state index contributed by atoms with van der Waals surface area (Å²) in [7, 11) is 1.99. The van der Waals surface area contributed by atoms with Crippen molar-refractivity contribution >= 4 is 29.5 Å². The summed E-state index contributed by atoms with van der Waals surface area (Å²) in [5.41, 5.74) is 1.81. The number of hydrogen-bond donors (Lipinski definition) is 3. The number of carbonyl (C=O) groups excluding carboxylic acids is 1. The van der Waals surface area contributed by atoms with Crippen molar-refractivity contribution in [3.8, 4) is 12.3 Å². The first-order chi connectivity index (χ1) is 16.4. The molecule has 1 aliphatic rings. The normalized spacial score (nSPS) is 13.9. The number of rotatable bonds is 14. The highest BCUT2D eigenvalue weighted by Crippen LogP contribution is 2.30. The third-order valence-corrected chi connectivity index (χ3v) is 6.52. The molecule has 34 heavy (non-hydrogen) atoms. The summed E-state index contributed by atoms with van der Waals surface area (Å²) in [6.07, 6.45) is 9.43. The van der Waals surface area contributed by atoms with Crippen molar-refractivity contribution in [1.82, 2.24) is 15.6 Å². The predicted octanol–water partition coefficient (Wildman–Crippen LogP) is 4.35. The van der Waals surface area contributed by atoms with Gasteiger partial charge >= 0.3 is 0 Å². The highest BCUT2D eigenvalue weighted by Gasteiger charge is 2.22. The number of pyridine rings is 1. The minimum absolute atomic E-state index is 0.0116. The fourth-order valence-corrected chi connectivity index (χ4v) is 4.50. The fraction of sp³-hybridized carbons (Fsp3) is 0.481. The van der Waals surface area contributed by atoms with E-state index in [1.165, 1.54) is 18.4 Å². The topological polar surface area (TPSA) is 69.3 Å². The van der Waals surface area contributed by atoms with Crippen LogP contribution in [0.5, 0.6) is 0 Å². The molecule has 0 unspecified atom stereocenters. The van der Waals surface area contributed by atoms with Gasteiger partial charge in [0.25, 0.3) is 5.91 Å². The maximum atomic E-state index is 13.4. The average Bonchev–Trinajstić information content (AvgIpc) is 3.65. The summed E-state index contributed by atoms with van der Waals surface area (Å²) in [4.78, 5) is 18.2. The van der Waals surface area contributed by atoms with Gasteiger partial charge in [-0.2, -0.15) is 0 Å². The van der Waals surface area contributed by atoms with Gasteiger partial charge in [-0.1, -0.05) is 50.1 Å². The van der Waals surface area contributed by atoms with Crippen LogP contribution in [0.15, 0.2) is 42.5 Å². The van der Waals surface area contributed by atoms with Crippen LogP contribution >= 0.6 is 11.9 Å². The van der Waals surface area contributed by atoms with Crippen LogP contribution < -0.4 is 20.3 Å². The molecule has 7 heteroatoms. The maximum Gasteiger partial charge on any atom is 0.251 e. The Balaban J connectivity index is 1.75. The Morgan fingerprint density at radius 1 is 1.26 bits per heavy atom. The second kappa shape index (κ2) is 13.3. The number of benzene rings is 1. The van der Waals surface area contributed by atoms with Gasteiger partial charge < -0.3 is 20.3 Å². The van der Waals surface area contributed by atoms with Gasteiger partial charge in [0.15, 0.2) is 0 Å². The lowest BCUT2D eigenvalue weighted by Gasteiger charge is -2.22. The molecule has 1 aromatic carbocycles. The van der Waals surface area contributed by atoms with Crippen molar-refractivity contribution in [3.63, 3.8) is 0 Å². The second-order valence-corrected chi connectivity index (χ2v) is 10.8. The third-order valence-electron chi connectivity index (χ3n) is 5.59. The lowest BCUT2D eigenvalue weighted by molar-refractivity contribution is 0.0935. The van der Waals surface area contributed by atoms with Crippen LogP contribution in [0.2, 0.25) is 0 Å². The number of terminal acetylenes is 1. The van der Waals surface area contributed by atoms with Gasteiger partial charge in [0.1, 0.15) is 11.6 Å². The number of hydrogen-bond acceptors (Lipinski definition) is 6. The molecule has 2 aromatic rings. The standard InChI is InChI=1S/C27H37N5OS/c1-5-14-28-15-13-24(16-21-9-7-6-8-10-21)30-27(33)23-17-25(29-19-22-11-12-22)31-26(18-23)32(4)34-20(2)3/h1,6-10,17-18,20,22,24,28H,11-16,19H2,2-4H3,(H,29,31)(H,30,33)/t24-/m1/s1. The molecule has 0 aliphatic heterocycles. The molecule has 0 bridgehead atoms. The molecule has 0 saturated heterocycles. The van der Waals surface area contributed by atoms with E-state index < -0.39 is 0 Å². The van der Waals surface area contributed by atoms with Crippen LogP contribution in [0.25, 0.3) is 0 Å². The van der Waals surface area contributed by atoms with Crippen LogP contribution in [-0.4, -0.2) is 48.9 Å². The van der Waals surface area contributed by atoms with Gasteiger partial charge in [0.2, 0.25) is 0 Å². The molecular formula is C27H37N5OS. The summed E-state index contributed by atoms with van der Waals surface area (Å²) < 4.78 is 2.04. The van der Waals surface area contributed by atoms with Crippen molar-refractivity contribution in [2.45, 2.75) is 50.8 Å². The van der Waals surface area contributed by atoms with Crippen LogP contribution in [0.3, 0.4) is 0 Å². The molecule has 1 aromatic heterocycles. The minimum atomic E-state index is -0.0843. The number of amides is 1. The van der Waals surface area contributed by atoms with E-state index in [1.54, 1.807) is 11.9 Å². The molecule has 0 radical (unpaired) electrons. The summed E-state index contributed by atoms with van der Waals surface area (Å²) >= 11 is 1.69. The smallest absolute Gasteiger partial charge is 0.251 e. The number of anilines is 2. The summed E-state index contributed by atoms with van der Waals surface area (Å²) in [6, 6.07) is 14.0. The molecule has 1 aliphatic carbocycles. The fourth-order valence-electron chi connectivity index (χ4n) is 3.67. The minimum Gasteiger partial charge on any atom is -0.370 e. The van der Waals surface area contributed by atoms with Gasteiger partial charge in [-0.15, -0.1) is 6.42 Å². The lowest BCUT2D eigenvalue weighted by atomic mass is 10.0. The largest absolute Gasteiger partial charge is 0.370 e. The number of nitrogens with zero attached hydrogens (tertiary/aromatic N) is 2. The number of aromatic nitrogens is 1. The van der Waals surface area contributed by atoms with E-state index in [9.17, 15) is 4.79 Å². The van der Waals surface area contributed by atoms with Gasteiger partial charge in [0, 0.05) is 30.4 Å². The highest BCUT2D eigenvalue weighted by molar-refractivity contribution is 8.01.